The summed E-state index contributed by atoms with van der Waals surface area (Å²) >= 11 is 0. The molecule has 4 rings (SSSR count). The third-order valence-electron chi connectivity index (χ3n) is 6.36. The first-order valence-corrected chi connectivity index (χ1v) is 10.4. The van der Waals surface area contributed by atoms with Crippen molar-refractivity contribution in [2.45, 2.75) is 64.1 Å². The van der Waals surface area contributed by atoms with Gasteiger partial charge < -0.3 is 10.2 Å². The molecule has 2 saturated heterocycles. The fraction of sp³-hybridized carbons (Fsp3) is 0.636. The Bertz CT molecular complexity index is 698. The third kappa shape index (κ3) is 4.18. The standard InChI is InChI=1S/C22H31N3O2/c1-15-5-7-17(8-6-15)22(27)24-11-3-4-18(13-24)21(26)23-19-12-16(2)25(14-19)20-9-10-20/h5-8,16,18-20H,3-4,9-14H2,1-2H3,(H,23,26). The molecular formula is C22H31N3O2. The van der Waals surface area contributed by atoms with E-state index in [0.717, 1.165) is 44.0 Å². The van der Waals surface area contributed by atoms with Crippen LogP contribution in [0.1, 0.15) is 54.9 Å². The van der Waals surface area contributed by atoms with Gasteiger partial charge in [0.25, 0.3) is 5.91 Å². The lowest BCUT2D eigenvalue weighted by molar-refractivity contribution is -0.127. The lowest BCUT2D eigenvalue weighted by Gasteiger charge is -2.32. The predicted molar refractivity (Wildman–Crippen MR) is 106 cm³/mol. The molecule has 5 heteroatoms. The predicted octanol–water partition coefficient (Wildman–Crippen LogP) is 2.59. The van der Waals surface area contributed by atoms with Crippen LogP contribution in [-0.4, -0.2) is 59.4 Å². The molecule has 2 aliphatic heterocycles. The summed E-state index contributed by atoms with van der Waals surface area (Å²) in [6, 6.07) is 9.27. The van der Waals surface area contributed by atoms with Gasteiger partial charge in [-0.1, -0.05) is 17.7 Å². The van der Waals surface area contributed by atoms with Crippen molar-refractivity contribution >= 4 is 11.8 Å². The number of amides is 2. The second-order valence-corrected chi connectivity index (χ2v) is 8.67. The van der Waals surface area contributed by atoms with Crippen LogP contribution in [0.25, 0.3) is 0 Å². The Hall–Kier alpha value is -1.88. The Morgan fingerprint density at radius 2 is 1.81 bits per heavy atom. The maximum atomic E-state index is 12.8. The minimum Gasteiger partial charge on any atom is -0.352 e. The van der Waals surface area contributed by atoms with Gasteiger partial charge in [-0.15, -0.1) is 0 Å². The number of rotatable bonds is 4. The summed E-state index contributed by atoms with van der Waals surface area (Å²) in [5.74, 6) is 0.0894. The maximum Gasteiger partial charge on any atom is 0.253 e. The molecule has 27 heavy (non-hydrogen) atoms. The average Bonchev–Trinajstić information content (AvgIpc) is 3.45. The van der Waals surface area contributed by atoms with Crippen LogP contribution in [0.5, 0.6) is 0 Å². The summed E-state index contributed by atoms with van der Waals surface area (Å²) in [4.78, 5) is 30.0. The second-order valence-electron chi connectivity index (χ2n) is 8.67. The molecule has 0 spiro atoms. The summed E-state index contributed by atoms with van der Waals surface area (Å²) < 4.78 is 0. The molecule has 3 unspecified atom stereocenters. The quantitative estimate of drug-likeness (QED) is 0.888. The van der Waals surface area contributed by atoms with Gasteiger partial charge in [-0.05, 0) is 58.1 Å². The number of nitrogens with zero attached hydrogens (tertiary/aromatic N) is 2. The average molecular weight is 370 g/mol. The number of carbonyl (C=O) groups is 2. The molecule has 1 saturated carbocycles. The number of nitrogens with one attached hydrogen (secondary N) is 1. The molecule has 0 radical (unpaired) electrons. The van der Waals surface area contributed by atoms with Crippen LogP contribution in [0.15, 0.2) is 24.3 Å². The van der Waals surface area contributed by atoms with Crippen molar-refractivity contribution in [3.05, 3.63) is 35.4 Å². The summed E-state index contributed by atoms with van der Waals surface area (Å²) in [5.41, 5.74) is 1.86. The first-order valence-electron chi connectivity index (χ1n) is 10.4. The molecule has 5 nitrogen and oxygen atoms in total. The minimum absolute atomic E-state index is 0.0434. The molecule has 1 N–H and O–H groups in total. The van der Waals surface area contributed by atoms with Crippen molar-refractivity contribution in [3.63, 3.8) is 0 Å². The molecular weight excluding hydrogens is 338 g/mol. The van der Waals surface area contributed by atoms with Crippen molar-refractivity contribution in [3.8, 4) is 0 Å². The molecule has 3 aliphatic rings. The Morgan fingerprint density at radius 1 is 1.07 bits per heavy atom. The van der Waals surface area contributed by atoms with Crippen molar-refractivity contribution in [1.29, 1.82) is 0 Å². The van der Waals surface area contributed by atoms with Gasteiger partial charge in [0.15, 0.2) is 0 Å². The molecule has 1 aromatic carbocycles. The second kappa shape index (κ2) is 7.63. The lowest BCUT2D eigenvalue weighted by Crippen LogP contribution is -2.48. The number of hydrogen-bond acceptors (Lipinski definition) is 3. The zero-order valence-corrected chi connectivity index (χ0v) is 16.5. The van der Waals surface area contributed by atoms with E-state index in [9.17, 15) is 9.59 Å². The van der Waals surface area contributed by atoms with Gasteiger partial charge in [0.2, 0.25) is 5.91 Å². The molecule has 0 bridgehead atoms. The van der Waals surface area contributed by atoms with E-state index >= 15 is 0 Å². The summed E-state index contributed by atoms with van der Waals surface area (Å²) in [6.07, 6.45) is 5.43. The molecule has 3 fully saturated rings. The number of carbonyl (C=O) groups excluding carboxylic acids is 2. The summed E-state index contributed by atoms with van der Waals surface area (Å²) in [7, 11) is 0. The van der Waals surface area contributed by atoms with E-state index in [1.807, 2.05) is 36.1 Å². The monoisotopic (exact) mass is 369 g/mol. The Labute approximate surface area is 162 Å². The Kier molecular flexibility index (Phi) is 5.22. The van der Waals surface area contributed by atoms with E-state index in [0.29, 0.717) is 18.2 Å². The van der Waals surface area contributed by atoms with Crippen LogP contribution in [0.4, 0.5) is 0 Å². The molecule has 1 aromatic rings. The molecule has 146 valence electrons. The first kappa shape index (κ1) is 18.5. The SMILES string of the molecule is Cc1ccc(C(=O)N2CCCC(C(=O)NC3CC(C)N(C4CC4)C3)C2)cc1. The van der Waals surface area contributed by atoms with Gasteiger partial charge in [0.05, 0.1) is 5.92 Å². The van der Waals surface area contributed by atoms with Gasteiger partial charge in [-0.25, -0.2) is 0 Å². The largest absolute Gasteiger partial charge is 0.352 e. The fourth-order valence-corrected chi connectivity index (χ4v) is 4.65. The highest BCUT2D eigenvalue weighted by molar-refractivity contribution is 5.94. The molecule has 3 atom stereocenters. The van der Waals surface area contributed by atoms with Gasteiger partial charge in [0.1, 0.15) is 0 Å². The molecule has 0 aromatic heterocycles. The van der Waals surface area contributed by atoms with Gasteiger partial charge in [0, 0.05) is 43.3 Å². The molecule has 2 heterocycles. The number of likely N-dealkylation sites (tertiary alicyclic amines) is 2. The zero-order chi connectivity index (χ0) is 19.0. The normalized spacial score (nSPS) is 29.0. The van der Waals surface area contributed by atoms with E-state index in [4.69, 9.17) is 0 Å². The topological polar surface area (TPSA) is 52.7 Å². The number of benzene rings is 1. The van der Waals surface area contributed by atoms with Gasteiger partial charge >= 0.3 is 0 Å². The van der Waals surface area contributed by atoms with E-state index < -0.39 is 0 Å². The zero-order valence-electron chi connectivity index (χ0n) is 16.5. The van der Waals surface area contributed by atoms with Gasteiger partial charge in [-0.2, -0.15) is 0 Å². The lowest BCUT2D eigenvalue weighted by atomic mass is 9.96. The number of hydrogen-bond donors (Lipinski definition) is 1. The first-order chi connectivity index (χ1) is 13.0. The highest BCUT2D eigenvalue weighted by atomic mass is 16.2. The smallest absolute Gasteiger partial charge is 0.253 e. The highest BCUT2D eigenvalue weighted by Gasteiger charge is 2.40. The maximum absolute atomic E-state index is 12.8. The van der Waals surface area contributed by atoms with Crippen molar-refractivity contribution < 1.29 is 9.59 Å². The van der Waals surface area contributed by atoms with Crippen molar-refractivity contribution in [2.24, 2.45) is 5.92 Å². The number of aryl methyl sites for hydroxylation is 1. The Balaban J connectivity index is 1.33. The molecule has 1 aliphatic carbocycles. The van der Waals surface area contributed by atoms with Crippen LogP contribution in [0, 0.1) is 12.8 Å². The van der Waals surface area contributed by atoms with E-state index in [1.54, 1.807) is 0 Å². The van der Waals surface area contributed by atoms with Crippen molar-refractivity contribution in [2.75, 3.05) is 19.6 Å². The van der Waals surface area contributed by atoms with E-state index in [-0.39, 0.29) is 23.8 Å². The van der Waals surface area contributed by atoms with Crippen LogP contribution in [0.3, 0.4) is 0 Å². The van der Waals surface area contributed by atoms with Crippen LogP contribution < -0.4 is 5.32 Å². The van der Waals surface area contributed by atoms with E-state index in [1.165, 1.54) is 12.8 Å². The summed E-state index contributed by atoms with van der Waals surface area (Å²) in [5, 5.41) is 3.28. The van der Waals surface area contributed by atoms with Gasteiger partial charge in [-0.3, -0.25) is 14.5 Å². The van der Waals surface area contributed by atoms with Crippen LogP contribution in [-0.2, 0) is 4.79 Å². The third-order valence-corrected chi connectivity index (χ3v) is 6.36. The van der Waals surface area contributed by atoms with Crippen LogP contribution in [0.2, 0.25) is 0 Å². The number of piperidine rings is 1. The van der Waals surface area contributed by atoms with E-state index in [2.05, 4.69) is 17.1 Å². The minimum atomic E-state index is -0.0848. The Morgan fingerprint density at radius 3 is 2.52 bits per heavy atom. The van der Waals surface area contributed by atoms with Crippen molar-refractivity contribution in [1.82, 2.24) is 15.1 Å². The summed E-state index contributed by atoms with van der Waals surface area (Å²) in [6.45, 7) is 6.55. The van der Waals surface area contributed by atoms with Crippen LogP contribution >= 0.6 is 0 Å². The fourth-order valence-electron chi connectivity index (χ4n) is 4.65. The molecule has 2 amide bonds. The highest BCUT2D eigenvalue weighted by Crippen LogP contribution is 2.33.